The van der Waals surface area contributed by atoms with Crippen molar-refractivity contribution in [2.24, 2.45) is 0 Å². The third-order valence-electron chi connectivity index (χ3n) is 4.72. The van der Waals surface area contributed by atoms with Crippen LogP contribution in [-0.2, 0) is 0 Å². The van der Waals surface area contributed by atoms with E-state index >= 15 is 0 Å². The van der Waals surface area contributed by atoms with Gasteiger partial charge in [-0.05, 0) is 50.8 Å². The maximum atomic E-state index is 3.69. The van der Waals surface area contributed by atoms with Gasteiger partial charge < -0.3 is 10.2 Å². The summed E-state index contributed by atoms with van der Waals surface area (Å²) in [6.07, 6.45) is 3.77. The molecule has 0 spiro atoms. The predicted octanol–water partition coefficient (Wildman–Crippen LogP) is 4.02. The van der Waals surface area contributed by atoms with Crippen molar-refractivity contribution in [1.29, 1.82) is 0 Å². The molecule has 0 amide bonds. The normalized spacial score (nSPS) is 23.6. The van der Waals surface area contributed by atoms with E-state index in [1.165, 1.54) is 29.3 Å². The molecule has 0 heterocycles. The van der Waals surface area contributed by atoms with Gasteiger partial charge in [0.2, 0.25) is 0 Å². The first kappa shape index (κ1) is 16.0. The highest BCUT2D eigenvalue weighted by Gasteiger charge is 2.30. The van der Waals surface area contributed by atoms with Crippen molar-refractivity contribution < 1.29 is 0 Å². The average molecular weight is 339 g/mol. The Kier molecular flexibility index (Phi) is 6.06. The Balaban J connectivity index is 1.66. The number of nitrogens with zero attached hydrogens (tertiary/aromatic N) is 1. The molecule has 1 aliphatic rings. The summed E-state index contributed by atoms with van der Waals surface area (Å²) >= 11 is 3.66. The summed E-state index contributed by atoms with van der Waals surface area (Å²) in [6.45, 7) is 6.80. The lowest BCUT2D eigenvalue weighted by molar-refractivity contribution is 0.229. The molecule has 1 fully saturated rings. The highest BCUT2D eigenvalue weighted by molar-refractivity contribution is 9.10. The lowest BCUT2D eigenvalue weighted by atomic mass is 9.76. The number of halogens is 1. The molecule has 3 heteroatoms. The predicted molar refractivity (Wildman–Crippen MR) is 90.3 cm³/mol. The van der Waals surface area contributed by atoms with Crippen LogP contribution < -0.4 is 5.32 Å². The molecular weight excluding hydrogens is 312 g/mol. The summed E-state index contributed by atoms with van der Waals surface area (Å²) in [5, 5.41) is 3.69. The molecule has 1 aromatic carbocycles. The van der Waals surface area contributed by atoms with E-state index in [2.05, 4.69) is 71.3 Å². The van der Waals surface area contributed by atoms with Crippen molar-refractivity contribution in [3.8, 4) is 0 Å². The third-order valence-corrected chi connectivity index (χ3v) is 5.45. The maximum absolute atomic E-state index is 3.69. The van der Waals surface area contributed by atoms with Gasteiger partial charge in [-0.15, -0.1) is 0 Å². The number of benzene rings is 1. The average Bonchev–Trinajstić information content (AvgIpc) is 2.41. The number of likely N-dealkylation sites (N-methyl/N-ethyl adjacent to an activating group) is 1. The summed E-state index contributed by atoms with van der Waals surface area (Å²) in [4.78, 5) is 2.44. The summed E-state index contributed by atoms with van der Waals surface area (Å²) in [5.41, 5.74) is 1.47. The second-order valence-electron chi connectivity index (χ2n) is 6.08. The van der Waals surface area contributed by atoms with Crippen LogP contribution in [0.25, 0.3) is 0 Å². The second-order valence-corrected chi connectivity index (χ2v) is 6.93. The Morgan fingerprint density at radius 1 is 1.35 bits per heavy atom. The number of nitrogens with one attached hydrogen (secondary N) is 1. The Hall–Kier alpha value is -0.380. The molecule has 20 heavy (non-hydrogen) atoms. The van der Waals surface area contributed by atoms with Gasteiger partial charge in [-0.3, -0.25) is 0 Å². The molecule has 2 nitrogen and oxygen atoms in total. The Bertz CT molecular complexity index is 415. The second kappa shape index (κ2) is 7.58. The van der Waals surface area contributed by atoms with Gasteiger partial charge >= 0.3 is 0 Å². The quantitative estimate of drug-likeness (QED) is 0.807. The molecule has 0 radical (unpaired) electrons. The zero-order chi connectivity index (χ0) is 14.5. The van der Waals surface area contributed by atoms with Crippen LogP contribution in [-0.4, -0.2) is 37.1 Å². The van der Waals surface area contributed by atoms with Gasteiger partial charge in [0.1, 0.15) is 0 Å². The molecule has 1 unspecified atom stereocenters. The number of hydrogen-bond acceptors (Lipinski definition) is 2. The van der Waals surface area contributed by atoms with Gasteiger partial charge in [-0.1, -0.05) is 41.1 Å². The van der Waals surface area contributed by atoms with E-state index < -0.39 is 0 Å². The molecular formula is C17H27BrN2. The topological polar surface area (TPSA) is 15.3 Å². The maximum Gasteiger partial charge on any atom is 0.0210 e. The Morgan fingerprint density at radius 2 is 2.05 bits per heavy atom. The van der Waals surface area contributed by atoms with Crippen LogP contribution in [0.15, 0.2) is 28.7 Å². The molecule has 1 aromatic rings. The minimum Gasteiger partial charge on any atom is -0.313 e. The van der Waals surface area contributed by atoms with Gasteiger partial charge in [0, 0.05) is 29.6 Å². The minimum absolute atomic E-state index is 0.686. The number of hydrogen-bond donors (Lipinski definition) is 1. The largest absolute Gasteiger partial charge is 0.313 e. The van der Waals surface area contributed by atoms with E-state index in [1.807, 2.05) is 0 Å². The van der Waals surface area contributed by atoms with Gasteiger partial charge in [-0.2, -0.15) is 0 Å². The fourth-order valence-electron chi connectivity index (χ4n) is 2.82. The molecule has 0 aliphatic heterocycles. The zero-order valence-electron chi connectivity index (χ0n) is 12.9. The number of rotatable bonds is 7. The molecule has 112 valence electrons. The first-order valence-corrected chi connectivity index (χ1v) is 8.59. The lowest BCUT2D eigenvalue weighted by Crippen LogP contribution is -2.44. The SMILES string of the molecule is CCC(C)N(C)CCNC1CC(c2ccccc2Br)C1. The van der Waals surface area contributed by atoms with E-state index in [0.717, 1.165) is 19.0 Å². The monoisotopic (exact) mass is 338 g/mol. The fourth-order valence-corrected chi connectivity index (χ4v) is 3.43. The first-order valence-electron chi connectivity index (χ1n) is 7.79. The summed E-state index contributed by atoms with van der Waals surface area (Å²) in [6, 6.07) is 10.0. The third kappa shape index (κ3) is 4.06. The summed E-state index contributed by atoms with van der Waals surface area (Å²) in [5.74, 6) is 0.732. The van der Waals surface area contributed by atoms with Crippen molar-refractivity contribution in [3.63, 3.8) is 0 Å². The van der Waals surface area contributed by atoms with Crippen LogP contribution in [0.4, 0.5) is 0 Å². The minimum atomic E-state index is 0.686. The van der Waals surface area contributed by atoms with Gasteiger partial charge in [0.15, 0.2) is 0 Å². The molecule has 1 saturated carbocycles. The van der Waals surface area contributed by atoms with Crippen molar-refractivity contribution in [1.82, 2.24) is 10.2 Å². The smallest absolute Gasteiger partial charge is 0.0210 e. The standard InChI is InChI=1S/C17H27BrN2/c1-4-13(2)20(3)10-9-19-15-11-14(12-15)16-7-5-6-8-17(16)18/h5-8,13-15,19H,4,9-12H2,1-3H3. The van der Waals surface area contributed by atoms with E-state index in [9.17, 15) is 0 Å². The summed E-state index contributed by atoms with van der Waals surface area (Å²) in [7, 11) is 2.22. The van der Waals surface area contributed by atoms with E-state index in [-0.39, 0.29) is 0 Å². The highest BCUT2D eigenvalue weighted by Crippen LogP contribution is 2.39. The van der Waals surface area contributed by atoms with Crippen molar-refractivity contribution in [2.45, 2.75) is 51.1 Å². The molecule has 0 aromatic heterocycles. The molecule has 0 bridgehead atoms. The van der Waals surface area contributed by atoms with Crippen molar-refractivity contribution in [2.75, 3.05) is 20.1 Å². The Labute approximate surface area is 132 Å². The zero-order valence-corrected chi connectivity index (χ0v) is 14.5. The Morgan fingerprint density at radius 3 is 2.70 bits per heavy atom. The van der Waals surface area contributed by atoms with E-state index in [0.29, 0.717) is 12.1 Å². The highest BCUT2D eigenvalue weighted by atomic mass is 79.9. The molecule has 1 atom stereocenters. The van der Waals surface area contributed by atoms with Crippen molar-refractivity contribution >= 4 is 15.9 Å². The lowest BCUT2D eigenvalue weighted by Gasteiger charge is -2.37. The van der Waals surface area contributed by atoms with Crippen LogP contribution in [0.2, 0.25) is 0 Å². The van der Waals surface area contributed by atoms with Gasteiger partial charge in [0.25, 0.3) is 0 Å². The fraction of sp³-hybridized carbons (Fsp3) is 0.647. The van der Waals surface area contributed by atoms with Crippen LogP contribution in [0.1, 0.15) is 44.6 Å². The van der Waals surface area contributed by atoms with Crippen LogP contribution in [0.3, 0.4) is 0 Å². The van der Waals surface area contributed by atoms with Crippen LogP contribution in [0, 0.1) is 0 Å². The summed E-state index contributed by atoms with van der Waals surface area (Å²) < 4.78 is 1.26. The first-order chi connectivity index (χ1) is 9.61. The molecule has 0 saturated heterocycles. The molecule has 1 N–H and O–H groups in total. The molecule has 1 aliphatic carbocycles. The van der Waals surface area contributed by atoms with E-state index in [4.69, 9.17) is 0 Å². The van der Waals surface area contributed by atoms with Crippen molar-refractivity contribution in [3.05, 3.63) is 34.3 Å². The van der Waals surface area contributed by atoms with Crippen LogP contribution >= 0.6 is 15.9 Å². The van der Waals surface area contributed by atoms with Gasteiger partial charge in [0.05, 0.1) is 0 Å². The van der Waals surface area contributed by atoms with Gasteiger partial charge in [-0.25, -0.2) is 0 Å². The van der Waals surface area contributed by atoms with Crippen LogP contribution in [0.5, 0.6) is 0 Å². The van der Waals surface area contributed by atoms with E-state index in [1.54, 1.807) is 0 Å². The molecule has 2 rings (SSSR count).